The Kier molecular flexibility index (Phi) is 5.39. The fraction of sp³-hybridized carbons (Fsp3) is 0.312. The average Bonchev–Trinajstić information content (AvgIpc) is 2.51. The summed E-state index contributed by atoms with van der Waals surface area (Å²) < 4.78 is 5.25. The fourth-order valence-corrected chi connectivity index (χ4v) is 2.15. The fourth-order valence-electron chi connectivity index (χ4n) is 1.93. The molecule has 0 spiro atoms. The van der Waals surface area contributed by atoms with Crippen LogP contribution in [0.3, 0.4) is 0 Å². The lowest BCUT2D eigenvalue weighted by molar-refractivity contribution is -0.134. The van der Waals surface area contributed by atoms with Crippen molar-refractivity contribution in [3.63, 3.8) is 0 Å². The minimum atomic E-state index is -0.384. The number of hydrogen-bond acceptors (Lipinski definition) is 6. The van der Waals surface area contributed by atoms with Gasteiger partial charge in [-0.1, -0.05) is 30.7 Å². The zero-order valence-corrected chi connectivity index (χ0v) is 14.1. The van der Waals surface area contributed by atoms with Crippen LogP contribution in [0.4, 0.5) is 11.5 Å². The van der Waals surface area contributed by atoms with Crippen LogP contribution in [-0.4, -0.2) is 30.0 Å². The first-order valence-electron chi connectivity index (χ1n) is 7.19. The van der Waals surface area contributed by atoms with Crippen molar-refractivity contribution in [1.82, 2.24) is 9.97 Å². The summed E-state index contributed by atoms with van der Waals surface area (Å²) in [4.78, 5) is 22.0. The summed E-state index contributed by atoms with van der Waals surface area (Å²) in [7, 11) is 3.60. The van der Waals surface area contributed by atoms with Crippen molar-refractivity contribution >= 4 is 29.1 Å². The van der Waals surface area contributed by atoms with E-state index in [4.69, 9.17) is 22.1 Å². The van der Waals surface area contributed by atoms with Crippen molar-refractivity contribution in [2.24, 2.45) is 0 Å². The van der Waals surface area contributed by atoms with Crippen LogP contribution in [0.15, 0.2) is 24.3 Å². The molecule has 1 aromatic heterocycles. The number of halogens is 1. The molecule has 7 heteroatoms. The van der Waals surface area contributed by atoms with Crippen molar-refractivity contribution in [3.05, 3.63) is 40.8 Å². The largest absolute Gasteiger partial charge is 0.419 e. The highest BCUT2D eigenvalue weighted by molar-refractivity contribution is 6.31. The van der Waals surface area contributed by atoms with Crippen LogP contribution >= 0.6 is 11.6 Å². The van der Waals surface area contributed by atoms with E-state index < -0.39 is 0 Å². The Morgan fingerprint density at radius 2 is 1.91 bits per heavy atom. The molecule has 2 N–H and O–H groups in total. The van der Waals surface area contributed by atoms with Gasteiger partial charge in [-0.3, -0.25) is 4.79 Å². The summed E-state index contributed by atoms with van der Waals surface area (Å²) in [6.45, 7) is 1.71. The molecule has 0 saturated carbocycles. The summed E-state index contributed by atoms with van der Waals surface area (Å²) in [6, 6.07) is 7.46. The van der Waals surface area contributed by atoms with Crippen molar-refractivity contribution in [2.45, 2.75) is 19.8 Å². The van der Waals surface area contributed by atoms with Crippen molar-refractivity contribution < 1.29 is 9.53 Å². The summed E-state index contributed by atoms with van der Waals surface area (Å²) in [5.41, 5.74) is 7.39. The minimum Gasteiger partial charge on any atom is -0.419 e. The molecule has 1 aromatic carbocycles. The number of esters is 1. The minimum absolute atomic E-state index is 0.121. The van der Waals surface area contributed by atoms with Gasteiger partial charge in [-0.25, -0.2) is 9.97 Å². The summed E-state index contributed by atoms with van der Waals surface area (Å²) in [5.74, 6) is 0.812. The molecule has 0 saturated heterocycles. The molecule has 122 valence electrons. The number of nitrogen functional groups attached to an aromatic ring is 1. The summed E-state index contributed by atoms with van der Waals surface area (Å²) in [5, 5.41) is 0.121. The molecular formula is C16H19ClN4O2. The first-order valence-corrected chi connectivity index (χ1v) is 7.57. The Morgan fingerprint density at radius 1 is 1.26 bits per heavy atom. The smallest absolute Gasteiger partial charge is 0.311 e. The summed E-state index contributed by atoms with van der Waals surface area (Å²) in [6.07, 6.45) is 0.749. The van der Waals surface area contributed by atoms with Gasteiger partial charge in [0, 0.05) is 32.6 Å². The van der Waals surface area contributed by atoms with E-state index in [1.807, 2.05) is 24.3 Å². The van der Waals surface area contributed by atoms with Crippen molar-refractivity contribution in [3.8, 4) is 5.75 Å². The van der Waals surface area contributed by atoms with Gasteiger partial charge in [0.2, 0.25) is 5.75 Å². The number of aromatic nitrogens is 2. The Bertz CT molecular complexity index is 702. The molecule has 0 aliphatic heterocycles. The van der Waals surface area contributed by atoms with Gasteiger partial charge in [0.15, 0.2) is 11.0 Å². The third-order valence-corrected chi connectivity index (χ3v) is 3.38. The molecule has 23 heavy (non-hydrogen) atoms. The molecule has 1 heterocycles. The topological polar surface area (TPSA) is 81.3 Å². The predicted octanol–water partition coefficient (Wildman–Crippen LogP) is 2.68. The number of benzene rings is 1. The van der Waals surface area contributed by atoms with Crippen molar-refractivity contribution in [2.75, 3.05) is 24.7 Å². The second-order valence-electron chi connectivity index (χ2n) is 5.22. The number of carbonyl (C=O) groups excluding carboxylic acids is 1. The van der Waals surface area contributed by atoms with Gasteiger partial charge >= 0.3 is 5.97 Å². The first-order chi connectivity index (χ1) is 10.9. The molecule has 2 rings (SSSR count). The van der Waals surface area contributed by atoms with E-state index in [-0.39, 0.29) is 23.3 Å². The highest BCUT2D eigenvalue weighted by Gasteiger charge is 2.19. The van der Waals surface area contributed by atoms with E-state index in [0.29, 0.717) is 23.8 Å². The zero-order chi connectivity index (χ0) is 17.0. The van der Waals surface area contributed by atoms with Crippen LogP contribution in [-0.2, 0) is 11.2 Å². The van der Waals surface area contributed by atoms with Gasteiger partial charge in [0.25, 0.3) is 0 Å². The summed E-state index contributed by atoms with van der Waals surface area (Å²) >= 11 is 6.20. The quantitative estimate of drug-likeness (QED) is 0.514. The van der Waals surface area contributed by atoms with Crippen LogP contribution in [0.25, 0.3) is 0 Å². The van der Waals surface area contributed by atoms with E-state index in [1.54, 1.807) is 25.9 Å². The normalized spacial score (nSPS) is 10.4. The number of rotatable bonds is 5. The van der Waals surface area contributed by atoms with Gasteiger partial charge < -0.3 is 15.4 Å². The van der Waals surface area contributed by atoms with Crippen LogP contribution < -0.4 is 15.4 Å². The monoisotopic (exact) mass is 334 g/mol. The molecule has 0 bridgehead atoms. The van der Waals surface area contributed by atoms with E-state index in [2.05, 4.69) is 9.97 Å². The maximum absolute atomic E-state index is 11.5. The Labute approximate surface area is 140 Å². The van der Waals surface area contributed by atoms with Crippen molar-refractivity contribution in [1.29, 1.82) is 0 Å². The Hall–Kier alpha value is -2.34. The Morgan fingerprint density at radius 3 is 2.48 bits per heavy atom. The van der Waals surface area contributed by atoms with Crippen LogP contribution in [0, 0.1) is 0 Å². The maximum atomic E-state index is 11.5. The zero-order valence-electron chi connectivity index (χ0n) is 13.3. The first kappa shape index (κ1) is 17.0. The molecule has 0 fully saturated rings. The third-order valence-electron chi connectivity index (χ3n) is 3.12. The molecule has 0 radical (unpaired) electrons. The van der Waals surface area contributed by atoms with E-state index >= 15 is 0 Å². The van der Waals surface area contributed by atoms with Gasteiger partial charge in [-0.05, 0) is 17.7 Å². The van der Waals surface area contributed by atoms with Crippen LogP contribution in [0.2, 0.25) is 5.15 Å². The van der Waals surface area contributed by atoms with Gasteiger partial charge in [0.05, 0.1) is 0 Å². The van der Waals surface area contributed by atoms with E-state index in [9.17, 15) is 4.79 Å². The highest BCUT2D eigenvalue weighted by Crippen LogP contribution is 2.32. The van der Waals surface area contributed by atoms with E-state index in [0.717, 1.165) is 5.56 Å². The standard InChI is InChI=1S/C16H19ClN4O2/c1-4-13(22)23-14-15(17)19-12(20-16(14)21(2)3)9-10-5-7-11(18)8-6-10/h5-8H,4,9,18H2,1-3H3. The van der Waals surface area contributed by atoms with E-state index in [1.165, 1.54) is 0 Å². The molecule has 0 atom stereocenters. The molecule has 0 aliphatic rings. The lowest BCUT2D eigenvalue weighted by Crippen LogP contribution is -2.17. The average molecular weight is 335 g/mol. The van der Waals surface area contributed by atoms with Gasteiger partial charge in [0.1, 0.15) is 5.82 Å². The highest BCUT2D eigenvalue weighted by atomic mass is 35.5. The van der Waals surface area contributed by atoms with Gasteiger partial charge in [-0.15, -0.1) is 0 Å². The lowest BCUT2D eigenvalue weighted by atomic mass is 10.1. The van der Waals surface area contributed by atoms with Gasteiger partial charge in [-0.2, -0.15) is 0 Å². The third kappa shape index (κ3) is 4.32. The Balaban J connectivity index is 2.35. The number of nitrogens with zero attached hydrogens (tertiary/aromatic N) is 3. The number of carbonyl (C=O) groups is 1. The molecular weight excluding hydrogens is 316 g/mol. The predicted molar refractivity (Wildman–Crippen MR) is 91.0 cm³/mol. The molecule has 0 amide bonds. The SMILES string of the molecule is CCC(=O)Oc1c(Cl)nc(Cc2ccc(N)cc2)nc1N(C)C. The number of ether oxygens (including phenoxy) is 1. The van der Waals surface area contributed by atoms with Crippen LogP contribution in [0.1, 0.15) is 24.7 Å². The molecule has 0 unspecified atom stereocenters. The molecule has 0 aliphatic carbocycles. The lowest BCUT2D eigenvalue weighted by Gasteiger charge is -2.17. The molecule has 6 nitrogen and oxygen atoms in total. The maximum Gasteiger partial charge on any atom is 0.311 e. The second kappa shape index (κ2) is 7.28. The van der Waals surface area contributed by atoms with Crippen LogP contribution in [0.5, 0.6) is 5.75 Å². The number of anilines is 2. The number of hydrogen-bond donors (Lipinski definition) is 1. The number of nitrogens with two attached hydrogens (primary N) is 1. The second-order valence-corrected chi connectivity index (χ2v) is 5.58. The molecule has 2 aromatic rings.